The van der Waals surface area contributed by atoms with Crippen LogP contribution in [-0.2, 0) is 6.42 Å². The van der Waals surface area contributed by atoms with E-state index in [2.05, 4.69) is 19.6 Å². The molecule has 2 saturated carbocycles. The monoisotopic (exact) mass is 298 g/mol. The zero-order valence-corrected chi connectivity index (χ0v) is 14.4. The lowest BCUT2D eigenvalue weighted by Gasteiger charge is -2.49. The van der Waals surface area contributed by atoms with E-state index in [1.165, 1.54) is 48.8 Å². The molecule has 1 nitrogen and oxygen atoms in total. The number of allylic oxidation sites excluding steroid dienone is 1. The summed E-state index contributed by atoms with van der Waals surface area (Å²) in [7, 11) is 0. The molecule has 1 heteroatoms. The molecule has 0 radical (unpaired) electrons. The number of fused-ring (bicyclic) bond motifs is 5. The first kappa shape index (κ1) is 15.6. The molecular formula is C21H30O. The fraction of sp³-hybridized carbons (Fsp3) is 0.619. The van der Waals surface area contributed by atoms with Gasteiger partial charge >= 0.3 is 0 Å². The van der Waals surface area contributed by atoms with E-state index in [1.807, 2.05) is 26.0 Å². The Kier molecular flexibility index (Phi) is 4.09. The van der Waals surface area contributed by atoms with Crippen molar-refractivity contribution in [2.75, 3.05) is 0 Å². The molecular weight excluding hydrogens is 268 g/mol. The first-order valence-corrected chi connectivity index (χ1v) is 9.09. The van der Waals surface area contributed by atoms with Gasteiger partial charge in [0.1, 0.15) is 5.75 Å². The van der Waals surface area contributed by atoms with Crippen LogP contribution in [0.1, 0.15) is 69.9 Å². The molecule has 3 aliphatic rings. The first-order chi connectivity index (χ1) is 10.6. The molecule has 22 heavy (non-hydrogen) atoms. The third-order valence-corrected chi connectivity index (χ3v) is 6.66. The van der Waals surface area contributed by atoms with Gasteiger partial charge in [0, 0.05) is 0 Å². The Hall–Kier alpha value is -1.24. The highest BCUT2D eigenvalue weighted by molar-refractivity contribution is 5.40. The van der Waals surface area contributed by atoms with Crippen LogP contribution in [0.4, 0.5) is 0 Å². The van der Waals surface area contributed by atoms with Crippen LogP contribution < -0.4 is 0 Å². The number of benzene rings is 1. The van der Waals surface area contributed by atoms with Crippen LogP contribution in [-0.4, -0.2) is 5.11 Å². The Labute approximate surface area is 135 Å². The molecule has 3 aliphatic carbocycles. The lowest BCUT2D eigenvalue weighted by Crippen LogP contribution is -2.40. The van der Waals surface area contributed by atoms with E-state index >= 15 is 0 Å². The number of hydrogen-bond acceptors (Lipinski definition) is 1. The molecule has 120 valence electrons. The third-order valence-electron chi connectivity index (χ3n) is 6.66. The maximum absolute atomic E-state index is 9.70. The fourth-order valence-electron chi connectivity index (χ4n) is 5.48. The average Bonchev–Trinajstić information content (AvgIpc) is 2.84. The molecule has 0 aliphatic heterocycles. The second-order valence-corrected chi connectivity index (χ2v) is 7.40. The van der Waals surface area contributed by atoms with Gasteiger partial charge in [0.25, 0.3) is 0 Å². The van der Waals surface area contributed by atoms with Crippen molar-refractivity contribution in [2.45, 2.75) is 65.2 Å². The maximum atomic E-state index is 9.70. The van der Waals surface area contributed by atoms with Gasteiger partial charge in [-0.3, -0.25) is 0 Å². The Morgan fingerprint density at radius 2 is 1.91 bits per heavy atom. The van der Waals surface area contributed by atoms with Crippen LogP contribution in [0, 0.1) is 17.3 Å². The van der Waals surface area contributed by atoms with Gasteiger partial charge in [-0.1, -0.05) is 39.0 Å². The molecule has 2 fully saturated rings. The van der Waals surface area contributed by atoms with E-state index in [-0.39, 0.29) is 0 Å². The average molecular weight is 298 g/mol. The van der Waals surface area contributed by atoms with Crippen molar-refractivity contribution in [1.82, 2.24) is 0 Å². The maximum Gasteiger partial charge on any atom is 0.115 e. The van der Waals surface area contributed by atoms with Gasteiger partial charge in [0.2, 0.25) is 0 Å². The highest BCUT2D eigenvalue weighted by Gasteiger charge is 2.51. The smallest absolute Gasteiger partial charge is 0.115 e. The predicted octanol–water partition coefficient (Wildman–Crippen LogP) is 5.83. The van der Waals surface area contributed by atoms with E-state index < -0.39 is 0 Å². The largest absolute Gasteiger partial charge is 0.508 e. The topological polar surface area (TPSA) is 20.2 Å². The van der Waals surface area contributed by atoms with Crippen molar-refractivity contribution in [3.63, 3.8) is 0 Å². The molecule has 0 bridgehead atoms. The lowest BCUT2D eigenvalue weighted by atomic mass is 9.55. The summed E-state index contributed by atoms with van der Waals surface area (Å²) < 4.78 is 0. The van der Waals surface area contributed by atoms with Crippen LogP contribution in [0.15, 0.2) is 30.4 Å². The summed E-state index contributed by atoms with van der Waals surface area (Å²) in [6, 6.07) is 6.06. The molecule has 0 heterocycles. The van der Waals surface area contributed by atoms with E-state index in [4.69, 9.17) is 0 Å². The van der Waals surface area contributed by atoms with E-state index in [9.17, 15) is 5.11 Å². The van der Waals surface area contributed by atoms with Crippen molar-refractivity contribution < 1.29 is 5.11 Å². The summed E-state index contributed by atoms with van der Waals surface area (Å²) in [5, 5.41) is 9.70. The number of phenols is 1. The summed E-state index contributed by atoms with van der Waals surface area (Å²) in [6.07, 6.45) is 7.64. The molecule has 4 unspecified atom stereocenters. The van der Waals surface area contributed by atoms with E-state index in [0.29, 0.717) is 11.2 Å². The van der Waals surface area contributed by atoms with Crippen molar-refractivity contribution in [3.05, 3.63) is 41.5 Å². The van der Waals surface area contributed by atoms with Crippen molar-refractivity contribution >= 4 is 0 Å². The zero-order chi connectivity index (χ0) is 15.9. The Bertz CT molecular complexity index is 573. The zero-order valence-electron chi connectivity index (χ0n) is 14.4. The van der Waals surface area contributed by atoms with Crippen molar-refractivity contribution in [3.8, 4) is 5.75 Å². The lowest BCUT2D eigenvalue weighted by molar-refractivity contribution is 0.0816. The quantitative estimate of drug-likeness (QED) is 0.597. The molecule has 1 aromatic carbocycles. The molecule has 0 aromatic heterocycles. The van der Waals surface area contributed by atoms with Gasteiger partial charge in [-0.2, -0.15) is 0 Å². The Morgan fingerprint density at radius 3 is 2.68 bits per heavy atom. The van der Waals surface area contributed by atoms with Gasteiger partial charge in [0.15, 0.2) is 0 Å². The normalized spacial score (nSPS) is 35.8. The summed E-state index contributed by atoms with van der Waals surface area (Å²) in [5.74, 6) is 2.83. The van der Waals surface area contributed by atoms with Gasteiger partial charge in [0.05, 0.1) is 0 Å². The predicted molar refractivity (Wildman–Crippen MR) is 93.2 cm³/mol. The molecule has 0 saturated heterocycles. The van der Waals surface area contributed by atoms with Crippen molar-refractivity contribution in [1.29, 1.82) is 0 Å². The molecule has 4 atom stereocenters. The first-order valence-electron chi connectivity index (χ1n) is 9.09. The summed E-state index contributed by atoms with van der Waals surface area (Å²) in [5.41, 5.74) is 4.85. The summed E-state index contributed by atoms with van der Waals surface area (Å²) >= 11 is 0. The summed E-state index contributed by atoms with van der Waals surface area (Å²) in [4.78, 5) is 0. The fourth-order valence-corrected chi connectivity index (χ4v) is 5.48. The van der Waals surface area contributed by atoms with E-state index in [1.54, 1.807) is 0 Å². The van der Waals surface area contributed by atoms with Gasteiger partial charge in [-0.15, -0.1) is 0 Å². The van der Waals surface area contributed by atoms with Crippen LogP contribution in [0.25, 0.3) is 0 Å². The SMILES string of the molecule is C=C1CCC2C3CCc4cc(O)ccc4C3CCC12C.CC. The minimum atomic E-state index is 0.412. The molecule has 1 aromatic rings. The highest BCUT2D eigenvalue weighted by Crippen LogP contribution is 2.62. The Balaban J connectivity index is 0.000000693. The standard InChI is InChI=1S/C19H24O.C2H6/c1-12-3-8-18-17-6-4-13-11-14(20)5-7-15(13)16(17)9-10-19(12,18)2;1-2/h5,7,11,16-18,20H,1,3-4,6,8-10H2,2H3;1-2H3. The van der Waals surface area contributed by atoms with Crippen LogP contribution in [0.2, 0.25) is 0 Å². The van der Waals surface area contributed by atoms with Gasteiger partial charge < -0.3 is 5.11 Å². The number of rotatable bonds is 0. The molecule has 0 spiro atoms. The van der Waals surface area contributed by atoms with E-state index in [0.717, 1.165) is 24.2 Å². The highest BCUT2D eigenvalue weighted by atomic mass is 16.3. The molecule has 0 amide bonds. The Morgan fingerprint density at radius 1 is 1.14 bits per heavy atom. The van der Waals surface area contributed by atoms with Crippen LogP contribution >= 0.6 is 0 Å². The number of phenolic OH excluding ortho intramolecular Hbond substituents is 1. The number of aryl methyl sites for hydroxylation is 1. The van der Waals surface area contributed by atoms with Gasteiger partial charge in [-0.25, -0.2) is 0 Å². The number of hydrogen-bond donors (Lipinski definition) is 1. The van der Waals surface area contributed by atoms with Crippen LogP contribution in [0.5, 0.6) is 5.75 Å². The minimum Gasteiger partial charge on any atom is -0.508 e. The summed E-state index contributed by atoms with van der Waals surface area (Å²) in [6.45, 7) is 10.8. The van der Waals surface area contributed by atoms with Crippen LogP contribution in [0.3, 0.4) is 0 Å². The minimum absolute atomic E-state index is 0.412. The van der Waals surface area contributed by atoms with Gasteiger partial charge in [-0.05, 0) is 85.0 Å². The molecule has 1 N–H and O–H groups in total. The molecule has 4 rings (SSSR count). The number of aromatic hydroxyl groups is 1. The third kappa shape index (κ3) is 2.21. The second kappa shape index (κ2) is 5.76. The second-order valence-electron chi connectivity index (χ2n) is 7.40. The van der Waals surface area contributed by atoms with Crippen molar-refractivity contribution in [2.24, 2.45) is 17.3 Å².